The third-order valence-electron chi connectivity index (χ3n) is 3.87. The zero-order valence-corrected chi connectivity index (χ0v) is 13.8. The summed E-state index contributed by atoms with van der Waals surface area (Å²) >= 11 is 1.39. The van der Waals surface area contributed by atoms with Crippen molar-refractivity contribution in [2.24, 2.45) is 4.40 Å². The summed E-state index contributed by atoms with van der Waals surface area (Å²) in [4.78, 5) is 13.2. The van der Waals surface area contributed by atoms with Gasteiger partial charge in [0, 0.05) is 13.1 Å². The van der Waals surface area contributed by atoms with Crippen molar-refractivity contribution in [3.8, 4) is 0 Å². The highest BCUT2D eigenvalue weighted by atomic mass is 32.2. The standard InChI is InChI=1S/C14H17N3O3S2/c1-17-12(14(18)15-10-5-2-3-6-10)9-11(16-22(17,19)20)13-7-4-8-21-13/h4,7-10H,2-3,5-6H2,1H3,(H,15,18). The Morgan fingerprint density at radius 1 is 1.41 bits per heavy atom. The first-order chi connectivity index (χ1) is 10.5. The van der Waals surface area contributed by atoms with Crippen LogP contribution in [0.25, 0.3) is 0 Å². The third kappa shape index (κ3) is 2.93. The highest BCUT2D eigenvalue weighted by Crippen LogP contribution is 2.23. The normalized spacial score (nSPS) is 21.4. The smallest absolute Gasteiger partial charge is 0.345 e. The van der Waals surface area contributed by atoms with E-state index in [-0.39, 0.29) is 17.6 Å². The number of likely N-dealkylation sites (N-methyl/N-ethyl adjacent to an activating group) is 1. The minimum absolute atomic E-state index is 0.116. The Morgan fingerprint density at radius 3 is 2.77 bits per heavy atom. The van der Waals surface area contributed by atoms with E-state index in [4.69, 9.17) is 0 Å². The molecule has 118 valence electrons. The molecule has 1 aromatic heterocycles. The molecule has 2 heterocycles. The number of rotatable bonds is 3. The first kappa shape index (κ1) is 15.2. The highest BCUT2D eigenvalue weighted by Gasteiger charge is 2.31. The second-order valence-corrected chi connectivity index (χ2v) is 7.96. The number of amides is 1. The maximum Gasteiger partial charge on any atom is 0.345 e. The second-order valence-electron chi connectivity index (χ2n) is 5.38. The fraction of sp³-hybridized carbons (Fsp3) is 0.429. The fourth-order valence-electron chi connectivity index (χ4n) is 2.64. The van der Waals surface area contributed by atoms with Crippen LogP contribution in [0.4, 0.5) is 0 Å². The first-order valence-corrected chi connectivity index (χ1v) is 9.40. The molecule has 0 bridgehead atoms. The number of allylic oxidation sites excluding steroid dienone is 1. The van der Waals surface area contributed by atoms with E-state index < -0.39 is 10.2 Å². The van der Waals surface area contributed by atoms with Crippen molar-refractivity contribution in [2.75, 3.05) is 7.05 Å². The molecule has 3 rings (SSSR count). The summed E-state index contributed by atoms with van der Waals surface area (Å²) in [5, 5.41) is 4.76. The summed E-state index contributed by atoms with van der Waals surface area (Å²) in [6.45, 7) is 0. The summed E-state index contributed by atoms with van der Waals surface area (Å²) in [6.07, 6.45) is 5.62. The molecule has 6 nitrogen and oxygen atoms in total. The van der Waals surface area contributed by atoms with Crippen LogP contribution in [-0.2, 0) is 15.0 Å². The van der Waals surface area contributed by atoms with Gasteiger partial charge in [-0.1, -0.05) is 18.9 Å². The number of hydrogen-bond donors (Lipinski definition) is 1. The van der Waals surface area contributed by atoms with E-state index in [1.54, 1.807) is 6.07 Å². The number of carbonyl (C=O) groups excluding carboxylic acids is 1. The van der Waals surface area contributed by atoms with Crippen LogP contribution >= 0.6 is 11.3 Å². The van der Waals surface area contributed by atoms with E-state index in [0.29, 0.717) is 5.71 Å². The number of nitrogens with one attached hydrogen (secondary N) is 1. The van der Waals surface area contributed by atoms with Crippen molar-refractivity contribution in [1.29, 1.82) is 0 Å². The molecule has 2 aliphatic rings. The van der Waals surface area contributed by atoms with Gasteiger partial charge in [0.25, 0.3) is 5.91 Å². The van der Waals surface area contributed by atoms with Crippen molar-refractivity contribution in [2.45, 2.75) is 31.7 Å². The van der Waals surface area contributed by atoms with Crippen LogP contribution in [0.5, 0.6) is 0 Å². The number of hydrogen-bond acceptors (Lipinski definition) is 4. The van der Waals surface area contributed by atoms with Crippen LogP contribution in [0.2, 0.25) is 0 Å². The molecule has 0 unspecified atom stereocenters. The molecule has 0 saturated heterocycles. The quantitative estimate of drug-likeness (QED) is 0.910. The molecular weight excluding hydrogens is 322 g/mol. The van der Waals surface area contributed by atoms with Gasteiger partial charge in [-0.3, -0.25) is 4.79 Å². The molecule has 0 atom stereocenters. The van der Waals surface area contributed by atoms with Crippen molar-refractivity contribution in [3.63, 3.8) is 0 Å². The maximum atomic E-state index is 12.4. The lowest BCUT2D eigenvalue weighted by atomic mass is 10.2. The molecule has 0 radical (unpaired) electrons. The van der Waals surface area contributed by atoms with Gasteiger partial charge < -0.3 is 5.32 Å². The Kier molecular flexibility index (Phi) is 4.05. The van der Waals surface area contributed by atoms with E-state index in [2.05, 4.69) is 9.71 Å². The molecule has 8 heteroatoms. The van der Waals surface area contributed by atoms with Gasteiger partial charge in [0.2, 0.25) is 0 Å². The van der Waals surface area contributed by atoms with Crippen molar-refractivity contribution < 1.29 is 13.2 Å². The van der Waals surface area contributed by atoms with Gasteiger partial charge in [0.1, 0.15) is 5.70 Å². The second kappa shape index (κ2) is 5.85. The number of nitrogens with zero attached hydrogens (tertiary/aromatic N) is 2. The van der Waals surface area contributed by atoms with Crippen LogP contribution in [0.3, 0.4) is 0 Å². The lowest BCUT2D eigenvalue weighted by molar-refractivity contribution is -0.119. The van der Waals surface area contributed by atoms with Crippen molar-refractivity contribution in [3.05, 3.63) is 34.2 Å². The van der Waals surface area contributed by atoms with Gasteiger partial charge in [0.05, 0.1) is 10.6 Å². The predicted octanol–water partition coefficient (Wildman–Crippen LogP) is 1.67. The Bertz CT molecular complexity index is 729. The summed E-state index contributed by atoms with van der Waals surface area (Å²) < 4.78 is 29.0. The molecule has 0 aromatic carbocycles. The van der Waals surface area contributed by atoms with Crippen LogP contribution in [0.15, 0.2) is 33.7 Å². The van der Waals surface area contributed by atoms with Gasteiger partial charge in [-0.15, -0.1) is 15.7 Å². The average molecular weight is 339 g/mol. The summed E-state index contributed by atoms with van der Waals surface area (Å²) in [7, 11) is -2.51. The van der Waals surface area contributed by atoms with E-state index in [9.17, 15) is 13.2 Å². The molecule has 1 aromatic rings. The van der Waals surface area contributed by atoms with E-state index in [1.165, 1.54) is 24.5 Å². The Morgan fingerprint density at radius 2 is 2.14 bits per heavy atom. The largest absolute Gasteiger partial charge is 0.348 e. The molecule has 1 saturated carbocycles. The van der Waals surface area contributed by atoms with Crippen LogP contribution in [0, 0.1) is 0 Å². The molecule has 22 heavy (non-hydrogen) atoms. The van der Waals surface area contributed by atoms with E-state index in [1.807, 2.05) is 11.4 Å². The van der Waals surface area contributed by atoms with Gasteiger partial charge in [-0.25, -0.2) is 4.31 Å². The molecule has 1 amide bonds. The zero-order valence-electron chi connectivity index (χ0n) is 12.2. The summed E-state index contributed by atoms with van der Waals surface area (Å²) in [5.74, 6) is -0.359. The van der Waals surface area contributed by atoms with E-state index >= 15 is 0 Å². The van der Waals surface area contributed by atoms with Crippen LogP contribution < -0.4 is 5.32 Å². The third-order valence-corrected chi connectivity index (χ3v) is 6.08. The summed E-state index contributed by atoms with van der Waals surface area (Å²) in [5.41, 5.74) is 0.426. The molecule has 1 fully saturated rings. The minimum Gasteiger partial charge on any atom is -0.348 e. The van der Waals surface area contributed by atoms with Crippen molar-refractivity contribution >= 4 is 33.2 Å². The topological polar surface area (TPSA) is 78.8 Å². The summed E-state index contributed by atoms with van der Waals surface area (Å²) in [6, 6.07) is 3.74. The van der Waals surface area contributed by atoms with Gasteiger partial charge >= 0.3 is 10.2 Å². The molecule has 1 aliphatic carbocycles. The average Bonchev–Trinajstić information content (AvgIpc) is 3.14. The monoisotopic (exact) mass is 339 g/mol. The fourth-order valence-corrected chi connectivity index (χ4v) is 4.29. The Labute approximate surface area is 133 Å². The molecular formula is C14H17N3O3S2. The van der Waals surface area contributed by atoms with Gasteiger partial charge in [-0.05, 0) is 30.4 Å². The first-order valence-electron chi connectivity index (χ1n) is 7.12. The molecule has 1 N–H and O–H groups in total. The van der Waals surface area contributed by atoms with E-state index in [0.717, 1.165) is 34.9 Å². The van der Waals surface area contributed by atoms with Crippen LogP contribution in [0.1, 0.15) is 30.6 Å². The Hall–Kier alpha value is -1.67. The van der Waals surface area contributed by atoms with Crippen LogP contribution in [-0.4, -0.2) is 37.4 Å². The molecule has 0 spiro atoms. The zero-order chi connectivity index (χ0) is 15.7. The minimum atomic E-state index is -3.87. The molecule has 1 aliphatic heterocycles. The SMILES string of the molecule is CN1C(C(=O)NC2CCCC2)=CC(c2cccs2)=NS1(=O)=O. The number of thiophene rings is 1. The lowest BCUT2D eigenvalue weighted by Crippen LogP contribution is -2.41. The Balaban J connectivity index is 1.90. The van der Waals surface area contributed by atoms with Gasteiger partial charge in [0.15, 0.2) is 0 Å². The van der Waals surface area contributed by atoms with Crippen molar-refractivity contribution in [1.82, 2.24) is 9.62 Å². The van der Waals surface area contributed by atoms with Gasteiger partial charge in [-0.2, -0.15) is 8.42 Å². The maximum absolute atomic E-state index is 12.4. The number of carbonyl (C=O) groups is 1. The lowest BCUT2D eigenvalue weighted by Gasteiger charge is -2.24. The highest BCUT2D eigenvalue weighted by molar-refractivity contribution is 7.88. The predicted molar refractivity (Wildman–Crippen MR) is 86.0 cm³/mol.